The maximum Gasteiger partial charge on any atom is 0.231 e. The largest absolute Gasteiger partial charge is 0.310 e. The molecule has 0 unspecified atom stereocenters. The Kier molecular flexibility index (Phi) is 4.65. The van der Waals surface area contributed by atoms with Crippen LogP contribution in [-0.2, 0) is 11.2 Å². The third-order valence-corrected chi connectivity index (χ3v) is 3.95. The van der Waals surface area contributed by atoms with Gasteiger partial charge in [-0.3, -0.25) is 9.78 Å². The van der Waals surface area contributed by atoms with Gasteiger partial charge >= 0.3 is 0 Å². The second-order valence-corrected chi connectivity index (χ2v) is 5.88. The quantitative estimate of drug-likeness (QED) is 0.594. The number of aromatic nitrogens is 5. The van der Waals surface area contributed by atoms with Gasteiger partial charge in [-0.25, -0.2) is 9.67 Å². The lowest BCUT2D eigenvalue weighted by Crippen LogP contribution is -2.15. The highest BCUT2D eigenvalue weighted by Gasteiger charge is 2.09. The predicted molar refractivity (Wildman–Crippen MR) is 101 cm³/mol. The molecular formula is C20H16N6O. The highest BCUT2D eigenvalue weighted by molar-refractivity contribution is 5.91. The number of nitrogens with zero attached hydrogens (tertiary/aromatic N) is 5. The monoisotopic (exact) mass is 356 g/mol. The van der Waals surface area contributed by atoms with Crippen molar-refractivity contribution in [3.05, 3.63) is 85.1 Å². The second-order valence-electron chi connectivity index (χ2n) is 5.88. The molecule has 4 rings (SSSR count). The van der Waals surface area contributed by atoms with Crippen molar-refractivity contribution in [3.63, 3.8) is 0 Å². The highest BCUT2D eigenvalue weighted by atomic mass is 16.1. The molecule has 0 radical (unpaired) electrons. The molecule has 0 aliphatic rings. The van der Waals surface area contributed by atoms with Gasteiger partial charge in [0.2, 0.25) is 5.91 Å². The molecule has 0 atom stereocenters. The van der Waals surface area contributed by atoms with Gasteiger partial charge in [0.05, 0.1) is 24.0 Å². The van der Waals surface area contributed by atoms with Gasteiger partial charge < -0.3 is 5.32 Å². The van der Waals surface area contributed by atoms with Crippen LogP contribution in [0.1, 0.15) is 5.69 Å². The zero-order valence-corrected chi connectivity index (χ0v) is 14.4. The molecule has 0 spiro atoms. The molecule has 7 heteroatoms. The zero-order chi connectivity index (χ0) is 18.5. The number of nitrogens with one attached hydrogen (secondary N) is 1. The van der Waals surface area contributed by atoms with E-state index in [0.29, 0.717) is 11.5 Å². The summed E-state index contributed by atoms with van der Waals surface area (Å²) in [5, 5.41) is 10.9. The number of carbonyl (C=O) groups is 1. The van der Waals surface area contributed by atoms with E-state index in [1.54, 1.807) is 35.5 Å². The number of pyridine rings is 2. The molecule has 3 aromatic heterocycles. The van der Waals surface area contributed by atoms with Crippen LogP contribution in [0.15, 0.2) is 79.4 Å². The lowest BCUT2D eigenvalue weighted by atomic mass is 10.1. The van der Waals surface area contributed by atoms with Gasteiger partial charge in [-0.1, -0.05) is 35.5 Å². The Hall–Kier alpha value is -3.87. The van der Waals surface area contributed by atoms with Crippen molar-refractivity contribution in [1.82, 2.24) is 25.0 Å². The summed E-state index contributed by atoms with van der Waals surface area (Å²) >= 11 is 0. The summed E-state index contributed by atoms with van der Waals surface area (Å²) in [6, 6.07) is 17.3. The molecule has 7 nitrogen and oxygen atoms in total. The topological polar surface area (TPSA) is 85.6 Å². The molecule has 1 aromatic carbocycles. The van der Waals surface area contributed by atoms with Gasteiger partial charge in [-0.15, -0.1) is 5.10 Å². The van der Waals surface area contributed by atoms with Gasteiger partial charge in [0, 0.05) is 24.2 Å². The lowest BCUT2D eigenvalue weighted by Gasteiger charge is -2.05. The number of hydrogen-bond acceptors (Lipinski definition) is 5. The number of rotatable bonds is 5. The van der Waals surface area contributed by atoms with E-state index in [2.05, 4.69) is 25.6 Å². The Morgan fingerprint density at radius 3 is 2.52 bits per heavy atom. The molecule has 0 saturated heterocycles. The number of hydrogen-bond donors (Lipinski definition) is 1. The molecule has 27 heavy (non-hydrogen) atoms. The van der Waals surface area contributed by atoms with Crippen molar-refractivity contribution in [2.75, 3.05) is 5.32 Å². The molecule has 1 amide bonds. The summed E-state index contributed by atoms with van der Waals surface area (Å²) in [5.74, 6) is 0.304. The number of carbonyl (C=O) groups excluding carboxylic acids is 1. The molecule has 0 fully saturated rings. The van der Waals surface area contributed by atoms with E-state index in [1.807, 2.05) is 48.5 Å². The fourth-order valence-electron chi connectivity index (χ4n) is 2.62. The third-order valence-electron chi connectivity index (χ3n) is 3.95. The fraction of sp³-hybridized carbons (Fsp3) is 0.0500. The Morgan fingerprint density at radius 1 is 0.963 bits per heavy atom. The van der Waals surface area contributed by atoms with Crippen LogP contribution in [-0.4, -0.2) is 30.9 Å². The number of amides is 1. The maximum atomic E-state index is 12.2. The lowest BCUT2D eigenvalue weighted by molar-refractivity contribution is -0.115. The summed E-state index contributed by atoms with van der Waals surface area (Å²) in [4.78, 5) is 20.5. The van der Waals surface area contributed by atoms with Crippen LogP contribution in [0.3, 0.4) is 0 Å². The van der Waals surface area contributed by atoms with Crippen molar-refractivity contribution < 1.29 is 4.79 Å². The first-order valence-corrected chi connectivity index (χ1v) is 8.41. The second kappa shape index (κ2) is 7.57. The maximum absolute atomic E-state index is 12.2. The number of anilines is 1. The van der Waals surface area contributed by atoms with Gasteiger partial charge in [-0.05, 0) is 29.8 Å². The van der Waals surface area contributed by atoms with Crippen LogP contribution in [0.25, 0.3) is 16.8 Å². The summed E-state index contributed by atoms with van der Waals surface area (Å²) in [5.41, 5.74) is 3.48. The van der Waals surface area contributed by atoms with Crippen LogP contribution >= 0.6 is 0 Å². The van der Waals surface area contributed by atoms with E-state index >= 15 is 0 Å². The van der Waals surface area contributed by atoms with E-state index in [9.17, 15) is 4.79 Å². The Balaban J connectivity index is 1.39. The molecule has 1 N–H and O–H groups in total. The van der Waals surface area contributed by atoms with E-state index in [4.69, 9.17) is 0 Å². The Bertz CT molecular complexity index is 1030. The molecule has 132 valence electrons. The highest BCUT2D eigenvalue weighted by Crippen LogP contribution is 2.19. The van der Waals surface area contributed by atoms with E-state index < -0.39 is 0 Å². The Labute approximate surface area is 155 Å². The molecule has 4 aromatic rings. The predicted octanol–water partition coefficient (Wildman–Crippen LogP) is 2.91. The van der Waals surface area contributed by atoms with E-state index in [0.717, 1.165) is 16.8 Å². The van der Waals surface area contributed by atoms with Crippen LogP contribution in [0.5, 0.6) is 0 Å². The van der Waals surface area contributed by atoms with Crippen LogP contribution in [0, 0.1) is 0 Å². The standard InChI is InChI=1S/C20H16N6O/c27-20(12-17-14-26(25-24-17)18-8-10-21-11-9-18)23-19-7-6-16(13-22-19)15-4-2-1-3-5-15/h1-11,13-14H,12H2,(H,22,23,27). The molecule has 0 aliphatic heterocycles. The third kappa shape index (κ3) is 4.04. The molecule has 0 aliphatic carbocycles. The first-order chi connectivity index (χ1) is 13.3. The average Bonchev–Trinajstić information content (AvgIpc) is 3.18. The van der Waals surface area contributed by atoms with Crippen molar-refractivity contribution in [3.8, 4) is 16.8 Å². The summed E-state index contributed by atoms with van der Waals surface area (Å²) in [6.07, 6.45) is 6.93. The first-order valence-electron chi connectivity index (χ1n) is 8.41. The van der Waals surface area contributed by atoms with Crippen molar-refractivity contribution in [2.24, 2.45) is 0 Å². The van der Waals surface area contributed by atoms with Gasteiger partial charge in [0.25, 0.3) is 0 Å². The zero-order valence-electron chi connectivity index (χ0n) is 14.4. The molecule has 3 heterocycles. The minimum Gasteiger partial charge on any atom is -0.310 e. The van der Waals surface area contributed by atoms with Gasteiger partial charge in [-0.2, -0.15) is 0 Å². The minimum atomic E-state index is -0.197. The van der Waals surface area contributed by atoms with Crippen molar-refractivity contribution in [1.29, 1.82) is 0 Å². The van der Waals surface area contributed by atoms with Crippen molar-refractivity contribution in [2.45, 2.75) is 6.42 Å². The van der Waals surface area contributed by atoms with E-state index in [-0.39, 0.29) is 12.3 Å². The smallest absolute Gasteiger partial charge is 0.231 e. The fourth-order valence-corrected chi connectivity index (χ4v) is 2.62. The first kappa shape index (κ1) is 16.6. The Morgan fingerprint density at radius 2 is 1.78 bits per heavy atom. The van der Waals surface area contributed by atoms with Gasteiger partial charge in [0.1, 0.15) is 5.82 Å². The normalized spacial score (nSPS) is 10.5. The average molecular weight is 356 g/mol. The van der Waals surface area contributed by atoms with E-state index in [1.165, 1.54) is 0 Å². The SMILES string of the molecule is O=C(Cc1cn(-c2ccncc2)nn1)Nc1ccc(-c2ccccc2)cn1. The van der Waals surface area contributed by atoms with Crippen LogP contribution in [0.4, 0.5) is 5.82 Å². The summed E-state index contributed by atoms with van der Waals surface area (Å²) in [7, 11) is 0. The molecule has 0 bridgehead atoms. The van der Waals surface area contributed by atoms with Crippen LogP contribution < -0.4 is 5.32 Å². The van der Waals surface area contributed by atoms with Crippen LogP contribution in [0.2, 0.25) is 0 Å². The van der Waals surface area contributed by atoms with Gasteiger partial charge in [0.15, 0.2) is 0 Å². The summed E-state index contributed by atoms with van der Waals surface area (Å²) < 4.78 is 1.61. The summed E-state index contributed by atoms with van der Waals surface area (Å²) in [6.45, 7) is 0. The number of benzene rings is 1. The van der Waals surface area contributed by atoms with Crippen molar-refractivity contribution >= 4 is 11.7 Å². The molecule has 0 saturated carbocycles. The minimum absolute atomic E-state index is 0.118. The molecular weight excluding hydrogens is 340 g/mol.